The Morgan fingerprint density at radius 1 is 1.33 bits per heavy atom. The number of hydrogen-bond donors (Lipinski definition) is 0. The summed E-state index contributed by atoms with van der Waals surface area (Å²) in [7, 11) is 1.81. The molecule has 0 aliphatic carbocycles. The fourth-order valence-electron chi connectivity index (χ4n) is 1.58. The van der Waals surface area contributed by atoms with Crippen LogP contribution in [0.3, 0.4) is 0 Å². The van der Waals surface area contributed by atoms with Crippen molar-refractivity contribution in [2.45, 2.75) is 6.92 Å². The Morgan fingerprint density at radius 2 is 2.00 bits per heavy atom. The molecule has 0 radical (unpaired) electrons. The molecule has 0 atom stereocenters. The fourth-order valence-corrected chi connectivity index (χ4v) is 2.13. The van der Waals surface area contributed by atoms with Crippen LogP contribution < -0.4 is 0 Å². The number of aryl methyl sites for hydroxylation is 2. The Morgan fingerprint density at radius 3 is 2.53 bits per heavy atom. The Kier molecular flexibility index (Phi) is 2.61. The average Bonchev–Trinajstić information content (AvgIpc) is 2.43. The summed E-state index contributed by atoms with van der Waals surface area (Å²) >= 11 is 3.42. The highest BCUT2D eigenvalue weighted by Crippen LogP contribution is 2.31. The quantitative estimate of drug-likeness (QED) is 0.776. The smallest absolute Gasteiger partial charge is 0.132 e. The zero-order chi connectivity index (χ0) is 11.0. The van der Waals surface area contributed by atoms with Crippen molar-refractivity contribution in [3.63, 3.8) is 0 Å². The summed E-state index contributed by atoms with van der Waals surface area (Å²) in [4.78, 5) is 0. The lowest BCUT2D eigenvalue weighted by molar-refractivity contribution is 0.628. The molecule has 15 heavy (non-hydrogen) atoms. The highest BCUT2D eigenvalue weighted by Gasteiger charge is 2.15. The van der Waals surface area contributed by atoms with Gasteiger partial charge in [-0.3, -0.25) is 4.68 Å². The van der Waals surface area contributed by atoms with Gasteiger partial charge in [-0.15, -0.1) is 0 Å². The number of benzene rings is 1. The minimum absolute atomic E-state index is 0.235. The van der Waals surface area contributed by atoms with Crippen LogP contribution in [0.15, 0.2) is 28.7 Å². The van der Waals surface area contributed by atoms with Gasteiger partial charge in [0.1, 0.15) is 5.82 Å². The minimum Gasteiger partial charge on any atom is -0.266 e. The molecule has 2 aromatic rings. The van der Waals surface area contributed by atoms with E-state index in [0.717, 1.165) is 15.9 Å². The number of hydrogen-bond acceptors (Lipinski definition) is 1. The van der Waals surface area contributed by atoms with Gasteiger partial charge in [0.05, 0.1) is 15.9 Å². The van der Waals surface area contributed by atoms with E-state index >= 15 is 0 Å². The van der Waals surface area contributed by atoms with Crippen molar-refractivity contribution in [1.29, 1.82) is 0 Å². The van der Waals surface area contributed by atoms with Gasteiger partial charge < -0.3 is 0 Å². The van der Waals surface area contributed by atoms with Gasteiger partial charge in [-0.1, -0.05) is 12.1 Å². The third-order valence-electron chi connectivity index (χ3n) is 2.28. The predicted octanol–water partition coefficient (Wildman–Crippen LogP) is 3.30. The van der Waals surface area contributed by atoms with Crippen molar-refractivity contribution >= 4 is 15.9 Å². The van der Waals surface area contributed by atoms with Gasteiger partial charge >= 0.3 is 0 Å². The van der Waals surface area contributed by atoms with E-state index in [-0.39, 0.29) is 5.82 Å². The molecule has 0 saturated heterocycles. The summed E-state index contributed by atoms with van der Waals surface area (Å²) in [6.45, 7) is 1.88. The molecular weight excluding hydrogens is 259 g/mol. The van der Waals surface area contributed by atoms with E-state index < -0.39 is 0 Å². The molecule has 1 aromatic heterocycles. The molecule has 0 bridgehead atoms. The van der Waals surface area contributed by atoms with Crippen LogP contribution in [0, 0.1) is 12.7 Å². The maximum absolute atomic E-state index is 13.6. The van der Waals surface area contributed by atoms with Crippen molar-refractivity contribution in [3.05, 3.63) is 40.2 Å². The second kappa shape index (κ2) is 3.77. The van der Waals surface area contributed by atoms with E-state index in [1.165, 1.54) is 6.07 Å². The van der Waals surface area contributed by atoms with Crippen LogP contribution in [0.5, 0.6) is 0 Å². The van der Waals surface area contributed by atoms with Crippen LogP contribution >= 0.6 is 15.9 Å². The topological polar surface area (TPSA) is 17.8 Å². The third kappa shape index (κ3) is 1.69. The molecule has 0 N–H and O–H groups in total. The maximum atomic E-state index is 13.6. The minimum atomic E-state index is -0.235. The van der Waals surface area contributed by atoms with E-state index in [9.17, 15) is 4.39 Å². The molecule has 0 aliphatic heterocycles. The molecule has 0 spiro atoms. The van der Waals surface area contributed by atoms with Gasteiger partial charge in [0.25, 0.3) is 0 Å². The van der Waals surface area contributed by atoms with Crippen LogP contribution in [-0.2, 0) is 7.05 Å². The lowest BCUT2D eigenvalue weighted by Gasteiger charge is -2.04. The van der Waals surface area contributed by atoms with Gasteiger partial charge in [0.15, 0.2) is 0 Å². The van der Waals surface area contributed by atoms with Crippen LogP contribution in [-0.4, -0.2) is 9.78 Å². The molecular formula is C11H10BrFN2. The molecule has 2 nitrogen and oxygen atoms in total. The average molecular weight is 269 g/mol. The largest absolute Gasteiger partial charge is 0.266 e. The molecule has 0 unspecified atom stereocenters. The van der Waals surface area contributed by atoms with Crippen molar-refractivity contribution in [2.75, 3.05) is 0 Å². The normalized spacial score (nSPS) is 10.7. The first-order valence-electron chi connectivity index (χ1n) is 4.55. The molecule has 78 valence electrons. The lowest BCUT2D eigenvalue weighted by Crippen LogP contribution is -1.95. The Labute approximate surface area is 95.9 Å². The fraction of sp³-hybridized carbons (Fsp3) is 0.182. The lowest BCUT2D eigenvalue weighted by atomic mass is 10.1. The highest BCUT2D eigenvalue weighted by molar-refractivity contribution is 9.10. The van der Waals surface area contributed by atoms with E-state index in [0.29, 0.717) is 5.56 Å². The summed E-state index contributed by atoms with van der Waals surface area (Å²) < 4.78 is 16.1. The second-order valence-electron chi connectivity index (χ2n) is 3.35. The molecule has 0 amide bonds. The summed E-state index contributed by atoms with van der Waals surface area (Å²) in [6.07, 6.45) is 0. The first kappa shape index (κ1) is 10.4. The zero-order valence-corrected chi connectivity index (χ0v) is 10.0. The van der Waals surface area contributed by atoms with Crippen molar-refractivity contribution in [3.8, 4) is 11.3 Å². The molecule has 4 heteroatoms. The van der Waals surface area contributed by atoms with Gasteiger partial charge in [-0.05, 0) is 35.0 Å². The molecule has 0 fully saturated rings. The monoisotopic (exact) mass is 268 g/mol. The van der Waals surface area contributed by atoms with Crippen LogP contribution in [0.4, 0.5) is 4.39 Å². The molecule has 0 saturated carbocycles. The zero-order valence-electron chi connectivity index (χ0n) is 8.46. The molecule has 1 aromatic carbocycles. The number of rotatable bonds is 1. The molecule has 2 rings (SSSR count). The van der Waals surface area contributed by atoms with E-state index in [4.69, 9.17) is 0 Å². The van der Waals surface area contributed by atoms with Gasteiger partial charge in [-0.25, -0.2) is 4.39 Å². The van der Waals surface area contributed by atoms with Crippen LogP contribution in [0.2, 0.25) is 0 Å². The van der Waals surface area contributed by atoms with Crippen molar-refractivity contribution < 1.29 is 4.39 Å². The van der Waals surface area contributed by atoms with Crippen LogP contribution in [0.25, 0.3) is 11.3 Å². The van der Waals surface area contributed by atoms with Crippen molar-refractivity contribution in [1.82, 2.24) is 9.78 Å². The summed E-state index contributed by atoms with van der Waals surface area (Å²) in [5.41, 5.74) is 2.19. The van der Waals surface area contributed by atoms with E-state index in [1.807, 2.05) is 13.0 Å². The Bertz CT molecular complexity index is 505. The maximum Gasteiger partial charge on any atom is 0.132 e. The van der Waals surface area contributed by atoms with Gasteiger partial charge in [0, 0.05) is 12.6 Å². The molecule has 0 aliphatic rings. The molecule has 1 heterocycles. The summed E-state index contributed by atoms with van der Waals surface area (Å²) in [5.74, 6) is -0.235. The number of nitrogens with zero attached hydrogens (tertiary/aromatic N) is 2. The summed E-state index contributed by atoms with van der Waals surface area (Å²) in [5, 5.41) is 4.23. The van der Waals surface area contributed by atoms with Gasteiger partial charge in [-0.2, -0.15) is 5.10 Å². The van der Waals surface area contributed by atoms with E-state index in [1.54, 1.807) is 23.9 Å². The van der Waals surface area contributed by atoms with Gasteiger partial charge in [0.2, 0.25) is 0 Å². The van der Waals surface area contributed by atoms with Crippen molar-refractivity contribution in [2.24, 2.45) is 7.05 Å². The Balaban J connectivity index is 2.69. The third-order valence-corrected chi connectivity index (χ3v) is 3.23. The first-order valence-corrected chi connectivity index (χ1v) is 5.34. The predicted molar refractivity (Wildman–Crippen MR) is 61.0 cm³/mol. The number of halogens is 2. The van der Waals surface area contributed by atoms with E-state index in [2.05, 4.69) is 21.0 Å². The SMILES string of the molecule is Cc1nn(C)c(-c2ccccc2F)c1Br. The highest BCUT2D eigenvalue weighted by atomic mass is 79.9. The Hall–Kier alpha value is -1.16. The summed E-state index contributed by atoms with van der Waals surface area (Å²) in [6, 6.07) is 6.68. The standard InChI is InChI=1S/C11H10BrFN2/c1-7-10(12)11(15(2)14-7)8-5-3-4-6-9(8)13/h3-6H,1-2H3. The second-order valence-corrected chi connectivity index (χ2v) is 4.14. The first-order chi connectivity index (χ1) is 7.11. The number of aromatic nitrogens is 2. The van der Waals surface area contributed by atoms with Crippen LogP contribution in [0.1, 0.15) is 5.69 Å².